The molecule has 2 amide bonds. The molecule has 1 aliphatic rings. The Labute approximate surface area is 156 Å². The van der Waals surface area contributed by atoms with Gasteiger partial charge in [-0.25, -0.2) is 0 Å². The predicted molar refractivity (Wildman–Crippen MR) is 101 cm³/mol. The fourth-order valence-corrected chi connectivity index (χ4v) is 3.87. The van der Waals surface area contributed by atoms with Gasteiger partial charge in [-0.15, -0.1) is 11.3 Å². The van der Waals surface area contributed by atoms with Crippen molar-refractivity contribution in [2.75, 3.05) is 25.7 Å². The number of anilines is 1. The van der Waals surface area contributed by atoms with Crippen LogP contribution in [0.3, 0.4) is 0 Å². The number of hydrogen-bond donors (Lipinski definition) is 1. The lowest BCUT2D eigenvalue weighted by Crippen LogP contribution is -2.32. The van der Waals surface area contributed by atoms with Gasteiger partial charge in [0.05, 0.1) is 26.7 Å². The van der Waals surface area contributed by atoms with Crippen LogP contribution in [-0.4, -0.2) is 32.6 Å². The fourth-order valence-electron chi connectivity index (χ4n) is 3.02. The molecule has 3 rings (SSSR count). The van der Waals surface area contributed by atoms with E-state index in [-0.39, 0.29) is 24.2 Å². The molecule has 0 radical (unpaired) electrons. The van der Waals surface area contributed by atoms with Gasteiger partial charge >= 0.3 is 0 Å². The minimum atomic E-state index is -0.351. The number of carbonyl (C=O) groups is 2. The second kappa shape index (κ2) is 7.78. The van der Waals surface area contributed by atoms with Gasteiger partial charge in [0.2, 0.25) is 11.8 Å². The smallest absolute Gasteiger partial charge is 0.227 e. The van der Waals surface area contributed by atoms with E-state index in [0.717, 1.165) is 4.88 Å². The summed E-state index contributed by atoms with van der Waals surface area (Å²) >= 11 is 1.62. The van der Waals surface area contributed by atoms with Gasteiger partial charge in [0.25, 0.3) is 0 Å². The molecule has 0 aliphatic carbocycles. The van der Waals surface area contributed by atoms with Crippen LogP contribution in [0.5, 0.6) is 11.5 Å². The van der Waals surface area contributed by atoms with Gasteiger partial charge in [0.15, 0.2) is 11.5 Å². The Hall–Kier alpha value is -2.54. The van der Waals surface area contributed by atoms with E-state index >= 15 is 0 Å². The minimum Gasteiger partial charge on any atom is -0.493 e. The molecule has 26 heavy (non-hydrogen) atoms. The summed E-state index contributed by atoms with van der Waals surface area (Å²) in [6.07, 6.45) is 0.212. The molecule has 0 spiro atoms. The number of benzene rings is 1. The van der Waals surface area contributed by atoms with Crippen LogP contribution in [0.25, 0.3) is 0 Å². The third-order valence-electron chi connectivity index (χ3n) is 4.57. The molecule has 1 N–H and O–H groups in total. The summed E-state index contributed by atoms with van der Waals surface area (Å²) < 4.78 is 10.5. The van der Waals surface area contributed by atoms with Crippen molar-refractivity contribution < 1.29 is 19.1 Å². The molecule has 2 aromatic rings. The number of ether oxygens (including phenoxy) is 2. The van der Waals surface area contributed by atoms with Gasteiger partial charge in [-0.3, -0.25) is 9.59 Å². The second-order valence-electron chi connectivity index (χ2n) is 6.19. The summed E-state index contributed by atoms with van der Waals surface area (Å²) in [5, 5.41) is 4.96. The van der Waals surface area contributed by atoms with Crippen LogP contribution >= 0.6 is 11.3 Å². The molecule has 1 fully saturated rings. The van der Waals surface area contributed by atoms with E-state index in [1.807, 2.05) is 18.4 Å². The summed E-state index contributed by atoms with van der Waals surface area (Å²) in [6, 6.07) is 7.35. The largest absolute Gasteiger partial charge is 0.493 e. The van der Waals surface area contributed by atoms with E-state index in [0.29, 0.717) is 30.3 Å². The first-order valence-electron chi connectivity index (χ1n) is 8.36. The quantitative estimate of drug-likeness (QED) is 0.844. The molecule has 138 valence electrons. The molecule has 6 nitrogen and oxygen atoms in total. The zero-order valence-corrected chi connectivity index (χ0v) is 15.9. The summed E-state index contributed by atoms with van der Waals surface area (Å²) in [4.78, 5) is 27.6. The van der Waals surface area contributed by atoms with Crippen molar-refractivity contribution in [2.24, 2.45) is 5.92 Å². The lowest BCUT2D eigenvalue weighted by molar-refractivity contribution is -0.126. The standard InChI is InChI=1S/C19H22N2O4S/c1-12-6-7-26-17(12)10-20-19(23)13-8-18(22)21(11-13)14-4-5-15(24-2)16(9-14)25-3/h4-7,9,13H,8,10-11H2,1-3H3,(H,20,23). The Kier molecular flexibility index (Phi) is 5.46. The second-order valence-corrected chi connectivity index (χ2v) is 7.19. The number of carbonyl (C=O) groups excluding carboxylic acids is 2. The van der Waals surface area contributed by atoms with Gasteiger partial charge in [-0.05, 0) is 36.1 Å². The third kappa shape index (κ3) is 3.67. The van der Waals surface area contributed by atoms with E-state index in [4.69, 9.17) is 9.47 Å². The minimum absolute atomic E-state index is 0.0651. The maximum atomic E-state index is 12.5. The Balaban J connectivity index is 1.66. The Bertz CT molecular complexity index is 818. The number of rotatable bonds is 6. The molecule has 1 saturated heterocycles. The predicted octanol–water partition coefficient (Wildman–Crippen LogP) is 2.74. The van der Waals surface area contributed by atoms with Crippen molar-refractivity contribution in [2.45, 2.75) is 19.9 Å². The Morgan fingerprint density at radius 2 is 2.04 bits per heavy atom. The molecule has 0 saturated carbocycles. The normalized spacial score (nSPS) is 16.7. The molecule has 1 aromatic heterocycles. The van der Waals surface area contributed by atoms with E-state index in [1.165, 1.54) is 5.56 Å². The van der Waals surface area contributed by atoms with Crippen molar-refractivity contribution >= 4 is 28.8 Å². The number of nitrogens with one attached hydrogen (secondary N) is 1. The lowest BCUT2D eigenvalue weighted by Gasteiger charge is -2.18. The maximum Gasteiger partial charge on any atom is 0.227 e. The first-order chi connectivity index (χ1) is 12.5. The first kappa shape index (κ1) is 18.3. The fraction of sp³-hybridized carbons (Fsp3) is 0.368. The molecule has 7 heteroatoms. The SMILES string of the molecule is COc1ccc(N2CC(C(=O)NCc3sccc3C)CC2=O)cc1OC. The van der Waals surface area contributed by atoms with E-state index in [1.54, 1.807) is 48.7 Å². The van der Waals surface area contributed by atoms with Crippen LogP contribution < -0.4 is 19.7 Å². The number of nitrogens with zero attached hydrogens (tertiary/aromatic N) is 1. The van der Waals surface area contributed by atoms with Gasteiger partial charge < -0.3 is 19.7 Å². The van der Waals surface area contributed by atoms with Crippen molar-refractivity contribution in [3.05, 3.63) is 40.1 Å². The highest BCUT2D eigenvalue weighted by Gasteiger charge is 2.35. The van der Waals surface area contributed by atoms with E-state index in [9.17, 15) is 9.59 Å². The molecule has 1 aliphatic heterocycles. The molecular weight excluding hydrogens is 352 g/mol. The lowest BCUT2D eigenvalue weighted by atomic mass is 10.1. The van der Waals surface area contributed by atoms with Gasteiger partial charge in [-0.2, -0.15) is 0 Å². The number of hydrogen-bond acceptors (Lipinski definition) is 5. The molecule has 1 unspecified atom stereocenters. The summed E-state index contributed by atoms with van der Waals surface area (Å²) in [5.74, 6) is 0.650. The first-order valence-corrected chi connectivity index (χ1v) is 9.24. The molecular formula is C19H22N2O4S. The topological polar surface area (TPSA) is 67.9 Å². The molecule has 1 atom stereocenters. The monoisotopic (exact) mass is 374 g/mol. The van der Waals surface area contributed by atoms with Crippen LogP contribution in [0, 0.1) is 12.8 Å². The van der Waals surface area contributed by atoms with Crippen LogP contribution in [0.1, 0.15) is 16.9 Å². The van der Waals surface area contributed by atoms with E-state index < -0.39 is 0 Å². The van der Waals surface area contributed by atoms with Crippen molar-refractivity contribution in [1.82, 2.24) is 5.32 Å². The number of methoxy groups -OCH3 is 2. The van der Waals surface area contributed by atoms with Gasteiger partial charge in [0, 0.05) is 29.6 Å². The average molecular weight is 374 g/mol. The van der Waals surface area contributed by atoms with Gasteiger partial charge in [-0.1, -0.05) is 0 Å². The van der Waals surface area contributed by atoms with Crippen LogP contribution in [0.4, 0.5) is 5.69 Å². The average Bonchev–Trinajstić information content (AvgIpc) is 3.24. The number of amides is 2. The molecule has 2 heterocycles. The number of thiophene rings is 1. The van der Waals surface area contributed by atoms with Gasteiger partial charge in [0.1, 0.15) is 0 Å². The zero-order chi connectivity index (χ0) is 18.7. The van der Waals surface area contributed by atoms with Crippen LogP contribution in [0.2, 0.25) is 0 Å². The zero-order valence-electron chi connectivity index (χ0n) is 15.1. The summed E-state index contributed by atoms with van der Waals surface area (Å²) in [6.45, 7) is 2.89. The van der Waals surface area contributed by atoms with Crippen molar-refractivity contribution in [3.8, 4) is 11.5 Å². The van der Waals surface area contributed by atoms with E-state index in [2.05, 4.69) is 5.32 Å². The maximum absolute atomic E-state index is 12.5. The summed E-state index contributed by atoms with van der Waals surface area (Å²) in [5.41, 5.74) is 1.88. The highest BCUT2D eigenvalue weighted by Crippen LogP contribution is 2.34. The summed E-state index contributed by atoms with van der Waals surface area (Å²) in [7, 11) is 3.12. The Morgan fingerprint density at radius 1 is 1.27 bits per heavy atom. The van der Waals surface area contributed by atoms with Crippen LogP contribution in [-0.2, 0) is 16.1 Å². The third-order valence-corrected chi connectivity index (χ3v) is 5.59. The van der Waals surface area contributed by atoms with Crippen molar-refractivity contribution in [3.63, 3.8) is 0 Å². The highest BCUT2D eigenvalue weighted by atomic mass is 32.1. The molecule has 1 aromatic carbocycles. The van der Waals surface area contributed by atoms with Crippen molar-refractivity contribution in [1.29, 1.82) is 0 Å². The van der Waals surface area contributed by atoms with Crippen LogP contribution in [0.15, 0.2) is 29.6 Å². The Morgan fingerprint density at radius 3 is 2.69 bits per heavy atom. The number of aryl methyl sites for hydroxylation is 1. The highest BCUT2D eigenvalue weighted by molar-refractivity contribution is 7.10. The molecule has 0 bridgehead atoms.